The third kappa shape index (κ3) is 4.71. The van der Waals surface area contributed by atoms with Crippen molar-refractivity contribution >= 4 is 16.7 Å². The van der Waals surface area contributed by atoms with Gasteiger partial charge in [-0.2, -0.15) is 0 Å². The number of benzene rings is 3. The summed E-state index contributed by atoms with van der Waals surface area (Å²) < 4.78 is 10.5. The van der Waals surface area contributed by atoms with Gasteiger partial charge in [0.25, 0.3) is 0 Å². The molecular formula is C26H20O3. The van der Waals surface area contributed by atoms with Crippen LogP contribution in [-0.4, -0.2) is 0 Å². The number of rotatable bonds is 2. The minimum atomic E-state index is -0.302. The molecule has 5 rings (SSSR count). The van der Waals surface area contributed by atoms with E-state index < -0.39 is 0 Å². The lowest BCUT2D eigenvalue weighted by molar-refractivity contribution is 0.424. The molecule has 3 heteroatoms. The number of hydrogen-bond donors (Lipinski definition) is 0. The van der Waals surface area contributed by atoms with Gasteiger partial charge in [-0.1, -0.05) is 78.9 Å². The first-order chi connectivity index (χ1) is 14.3. The van der Waals surface area contributed by atoms with Crippen molar-refractivity contribution < 1.29 is 9.15 Å². The van der Waals surface area contributed by atoms with Crippen LogP contribution in [0.1, 0.15) is 17.0 Å². The molecule has 4 aromatic rings. The van der Waals surface area contributed by atoms with Crippen molar-refractivity contribution in [3.05, 3.63) is 137 Å². The van der Waals surface area contributed by atoms with E-state index in [1.165, 1.54) is 11.6 Å². The van der Waals surface area contributed by atoms with Crippen molar-refractivity contribution in [2.75, 3.05) is 0 Å². The number of fused-ring (bicyclic) bond motifs is 1. The zero-order valence-corrected chi connectivity index (χ0v) is 15.8. The summed E-state index contributed by atoms with van der Waals surface area (Å²) in [5, 5.41) is 0.951. The number of allylic oxidation sites excluding steroid dienone is 2. The molecule has 1 aliphatic rings. The highest BCUT2D eigenvalue weighted by Gasteiger charge is 2.12. The van der Waals surface area contributed by atoms with Crippen molar-refractivity contribution in [3.63, 3.8) is 0 Å². The topological polar surface area (TPSA) is 39.4 Å². The number of ether oxygens (including phenoxy) is 1. The van der Waals surface area contributed by atoms with E-state index in [-0.39, 0.29) is 11.5 Å². The molecule has 1 atom stereocenters. The molecule has 0 saturated carbocycles. The van der Waals surface area contributed by atoms with Gasteiger partial charge in [0.2, 0.25) is 0 Å². The molecule has 0 bridgehead atoms. The Morgan fingerprint density at radius 1 is 0.690 bits per heavy atom. The normalized spacial score (nSPS) is 15.0. The standard InChI is InChI=1S/C17H14O.C9H6O2/c1-3-7-14(8-4-1)16-11-12-18-17(13-16)15-9-5-2-6-10-15;10-9-6-5-7-3-1-2-4-8(7)11-9/h1-13,16H;1-6H. The summed E-state index contributed by atoms with van der Waals surface area (Å²) in [6, 6.07) is 31.2. The van der Waals surface area contributed by atoms with Crippen LogP contribution in [0.3, 0.4) is 0 Å². The van der Waals surface area contributed by atoms with E-state index in [1.807, 2.05) is 42.5 Å². The van der Waals surface area contributed by atoms with E-state index >= 15 is 0 Å². The molecule has 1 aliphatic heterocycles. The number of hydrogen-bond acceptors (Lipinski definition) is 3. The highest BCUT2D eigenvalue weighted by atomic mass is 16.5. The lowest BCUT2D eigenvalue weighted by Gasteiger charge is -2.17. The molecule has 0 fully saturated rings. The van der Waals surface area contributed by atoms with Gasteiger partial charge < -0.3 is 9.15 Å². The van der Waals surface area contributed by atoms with Gasteiger partial charge in [-0.3, -0.25) is 0 Å². The Morgan fingerprint density at radius 3 is 2.17 bits per heavy atom. The molecule has 0 saturated heterocycles. The highest BCUT2D eigenvalue weighted by molar-refractivity contribution is 5.75. The zero-order chi connectivity index (χ0) is 19.9. The van der Waals surface area contributed by atoms with E-state index in [0.717, 1.165) is 16.7 Å². The van der Waals surface area contributed by atoms with Crippen molar-refractivity contribution in [1.82, 2.24) is 0 Å². The van der Waals surface area contributed by atoms with Crippen LogP contribution in [0.2, 0.25) is 0 Å². The Morgan fingerprint density at radius 2 is 1.38 bits per heavy atom. The van der Waals surface area contributed by atoms with Crippen molar-refractivity contribution in [2.24, 2.45) is 0 Å². The molecule has 0 radical (unpaired) electrons. The van der Waals surface area contributed by atoms with Crippen LogP contribution in [0.5, 0.6) is 0 Å². The van der Waals surface area contributed by atoms with E-state index in [2.05, 4.69) is 48.6 Å². The summed E-state index contributed by atoms with van der Waals surface area (Å²) >= 11 is 0. The minimum absolute atomic E-state index is 0.287. The van der Waals surface area contributed by atoms with E-state index in [9.17, 15) is 4.79 Å². The van der Waals surface area contributed by atoms with E-state index in [4.69, 9.17) is 9.15 Å². The first-order valence-electron chi connectivity index (χ1n) is 9.44. The summed E-state index contributed by atoms with van der Waals surface area (Å²) in [7, 11) is 0. The molecule has 3 aromatic carbocycles. The Bertz CT molecular complexity index is 1190. The van der Waals surface area contributed by atoms with Crippen LogP contribution < -0.4 is 5.63 Å². The maximum Gasteiger partial charge on any atom is 0.336 e. The lowest BCUT2D eigenvalue weighted by atomic mass is 9.96. The summed E-state index contributed by atoms with van der Waals surface area (Å²) in [6.07, 6.45) is 6.01. The smallest absolute Gasteiger partial charge is 0.336 e. The quantitative estimate of drug-likeness (QED) is 0.392. The predicted octanol–water partition coefficient (Wildman–Crippen LogP) is 6.15. The van der Waals surface area contributed by atoms with Gasteiger partial charge in [-0.25, -0.2) is 4.79 Å². The zero-order valence-electron chi connectivity index (χ0n) is 15.8. The summed E-state index contributed by atoms with van der Waals surface area (Å²) in [5.74, 6) is 1.21. The average molecular weight is 380 g/mol. The van der Waals surface area contributed by atoms with E-state index in [1.54, 1.807) is 18.4 Å². The summed E-state index contributed by atoms with van der Waals surface area (Å²) in [4.78, 5) is 10.7. The Labute approximate surface area is 169 Å². The van der Waals surface area contributed by atoms with Gasteiger partial charge in [-0.15, -0.1) is 0 Å². The van der Waals surface area contributed by atoms with Gasteiger partial charge in [0, 0.05) is 22.9 Å². The van der Waals surface area contributed by atoms with Crippen molar-refractivity contribution in [2.45, 2.75) is 5.92 Å². The lowest BCUT2D eigenvalue weighted by Crippen LogP contribution is -1.99. The second-order valence-corrected chi connectivity index (χ2v) is 6.57. The summed E-state index contributed by atoms with van der Waals surface area (Å²) in [6.45, 7) is 0. The predicted molar refractivity (Wildman–Crippen MR) is 116 cm³/mol. The molecule has 1 unspecified atom stereocenters. The van der Waals surface area contributed by atoms with Gasteiger partial charge in [-0.05, 0) is 29.8 Å². The number of para-hydroxylation sites is 1. The van der Waals surface area contributed by atoms with Crippen LogP contribution in [0.15, 0.2) is 125 Å². The van der Waals surface area contributed by atoms with Gasteiger partial charge in [0.05, 0.1) is 6.26 Å². The summed E-state index contributed by atoms with van der Waals surface area (Å²) in [5.41, 5.74) is 2.73. The highest BCUT2D eigenvalue weighted by Crippen LogP contribution is 2.29. The third-order valence-corrected chi connectivity index (χ3v) is 4.58. The van der Waals surface area contributed by atoms with Crippen molar-refractivity contribution in [1.29, 1.82) is 0 Å². The van der Waals surface area contributed by atoms with Crippen LogP contribution in [-0.2, 0) is 4.74 Å². The fourth-order valence-electron chi connectivity index (χ4n) is 3.12. The molecule has 0 spiro atoms. The second-order valence-electron chi connectivity index (χ2n) is 6.57. The maximum absolute atomic E-state index is 10.7. The molecule has 142 valence electrons. The van der Waals surface area contributed by atoms with Crippen LogP contribution in [0.25, 0.3) is 16.7 Å². The molecule has 1 aromatic heterocycles. The van der Waals surface area contributed by atoms with Gasteiger partial charge in [0.15, 0.2) is 0 Å². The molecule has 0 aliphatic carbocycles. The first-order valence-corrected chi connectivity index (χ1v) is 9.44. The molecule has 29 heavy (non-hydrogen) atoms. The SMILES string of the molecule is C1=CC(c2ccccc2)C=C(c2ccccc2)O1.O=c1ccc2ccccc2o1. The Kier molecular flexibility index (Phi) is 5.68. The van der Waals surface area contributed by atoms with Gasteiger partial charge >= 0.3 is 5.63 Å². The molecule has 0 amide bonds. The third-order valence-electron chi connectivity index (χ3n) is 4.58. The monoisotopic (exact) mass is 380 g/mol. The second kappa shape index (κ2) is 8.89. The molecule has 3 nitrogen and oxygen atoms in total. The molecule has 2 heterocycles. The van der Waals surface area contributed by atoms with Crippen LogP contribution in [0, 0.1) is 0 Å². The molecular weight excluding hydrogens is 360 g/mol. The fraction of sp³-hybridized carbons (Fsp3) is 0.0385. The fourth-order valence-corrected chi connectivity index (χ4v) is 3.12. The Hall–Kier alpha value is -3.85. The van der Waals surface area contributed by atoms with Crippen LogP contribution in [0.4, 0.5) is 0 Å². The Balaban J connectivity index is 0.000000159. The largest absolute Gasteiger partial charge is 0.465 e. The van der Waals surface area contributed by atoms with Gasteiger partial charge in [0.1, 0.15) is 11.3 Å². The van der Waals surface area contributed by atoms with Crippen LogP contribution >= 0.6 is 0 Å². The van der Waals surface area contributed by atoms with Crippen molar-refractivity contribution in [3.8, 4) is 0 Å². The van der Waals surface area contributed by atoms with E-state index in [0.29, 0.717) is 5.58 Å². The first kappa shape index (κ1) is 18.5. The minimum Gasteiger partial charge on any atom is -0.465 e. The average Bonchev–Trinajstić information content (AvgIpc) is 2.81. The maximum atomic E-state index is 10.7. The molecule has 0 N–H and O–H groups in total.